The highest BCUT2D eigenvalue weighted by Gasteiger charge is 2.26. The van der Waals surface area contributed by atoms with E-state index in [0.29, 0.717) is 57.6 Å². The minimum absolute atomic E-state index is 0.213. The number of carbonyl (C=O) groups is 2. The van der Waals surface area contributed by atoms with Crippen molar-refractivity contribution in [2.45, 2.75) is 38.5 Å². The van der Waals surface area contributed by atoms with Gasteiger partial charge in [0.2, 0.25) is 0 Å². The third-order valence-corrected chi connectivity index (χ3v) is 7.76. The number of aromatic nitrogens is 3. The molecule has 0 bridgehead atoms. The van der Waals surface area contributed by atoms with E-state index < -0.39 is 0 Å². The van der Waals surface area contributed by atoms with Crippen molar-refractivity contribution in [3.63, 3.8) is 0 Å². The molecule has 2 heterocycles. The van der Waals surface area contributed by atoms with Crippen LogP contribution in [0, 0.1) is 5.82 Å². The average Bonchev–Trinajstić information content (AvgIpc) is 3.58. The lowest BCUT2D eigenvalue weighted by atomic mass is 9.98. The Hall–Kier alpha value is -4.14. The molecule has 10 heteroatoms. The van der Waals surface area contributed by atoms with Gasteiger partial charge in [-0.25, -0.2) is 9.07 Å². The number of nitrogens with one attached hydrogen (secondary N) is 2. The number of hydrogen-bond donors (Lipinski definition) is 2. The fourth-order valence-electron chi connectivity index (χ4n) is 5.10. The molecular formula is C33H31Cl2FN4O3. The van der Waals surface area contributed by atoms with Gasteiger partial charge in [0.15, 0.2) is 0 Å². The second-order valence-corrected chi connectivity index (χ2v) is 11.1. The quantitative estimate of drug-likeness (QED) is 0.110. The summed E-state index contributed by atoms with van der Waals surface area (Å²) in [5, 5.41) is 9.72. The van der Waals surface area contributed by atoms with Gasteiger partial charge >= 0.3 is 5.97 Å². The highest BCUT2D eigenvalue weighted by molar-refractivity contribution is 6.31. The highest BCUT2D eigenvalue weighted by atomic mass is 35.5. The second-order valence-electron chi connectivity index (χ2n) is 10.3. The minimum atomic E-state index is -0.356. The van der Waals surface area contributed by atoms with Crippen molar-refractivity contribution in [2.75, 3.05) is 13.7 Å². The van der Waals surface area contributed by atoms with Gasteiger partial charge in [0, 0.05) is 51.5 Å². The van der Waals surface area contributed by atoms with Crippen LogP contribution in [-0.4, -0.2) is 40.3 Å². The van der Waals surface area contributed by atoms with Crippen LogP contribution >= 0.6 is 23.2 Å². The first-order valence-electron chi connectivity index (χ1n) is 14.1. The van der Waals surface area contributed by atoms with Crippen molar-refractivity contribution in [3.05, 3.63) is 106 Å². The summed E-state index contributed by atoms with van der Waals surface area (Å²) in [5.74, 6) is -0.831. The number of carbonyl (C=O) groups excluding carboxylic acids is 2. The maximum absolute atomic E-state index is 13.9. The normalized spacial score (nSPS) is 11.2. The predicted molar refractivity (Wildman–Crippen MR) is 168 cm³/mol. The molecule has 1 amide bonds. The van der Waals surface area contributed by atoms with E-state index in [1.54, 1.807) is 35.1 Å². The van der Waals surface area contributed by atoms with Crippen molar-refractivity contribution in [2.24, 2.45) is 0 Å². The molecule has 222 valence electrons. The molecule has 0 saturated heterocycles. The number of H-pyrrole nitrogens is 1. The van der Waals surface area contributed by atoms with E-state index in [4.69, 9.17) is 28.3 Å². The molecule has 0 aliphatic rings. The fourth-order valence-corrected chi connectivity index (χ4v) is 5.40. The lowest BCUT2D eigenvalue weighted by Gasteiger charge is -2.13. The molecule has 0 saturated carbocycles. The average molecular weight is 622 g/mol. The molecule has 0 unspecified atom stereocenters. The summed E-state index contributed by atoms with van der Waals surface area (Å²) in [6.45, 7) is 0.474. The van der Waals surface area contributed by atoms with Crippen LogP contribution in [-0.2, 0) is 16.0 Å². The zero-order valence-corrected chi connectivity index (χ0v) is 25.1. The maximum Gasteiger partial charge on any atom is 0.305 e. The Labute approximate surface area is 259 Å². The van der Waals surface area contributed by atoms with Gasteiger partial charge in [0.25, 0.3) is 5.91 Å². The Morgan fingerprint density at radius 2 is 1.67 bits per heavy atom. The Bertz CT molecular complexity index is 1730. The molecule has 0 aliphatic heterocycles. The van der Waals surface area contributed by atoms with E-state index in [1.807, 2.05) is 30.3 Å². The van der Waals surface area contributed by atoms with Crippen LogP contribution < -0.4 is 5.32 Å². The van der Waals surface area contributed by atoms with Gasteiger partial charge in [-0.1, -0.05) is 54.2 Å². The molecular weight excluding hydrogens is 590 g/mol. The molecule has 0 aliphatic carbocycles. The van der Waals surface area contributed by atoms with Crippen molar-refractivity contribution in [1.29, 1.82) is 0 Å². The second kappa shape index (κ2) is 13.9. The van der Waals surface area contributed by atoms with Crippen molar-refractivity contribution < 1.29 is 18.7 Å². The molecule has 0 atom stereocenters. The molecule has 0 spiro atoms. The lowest BCUT2D eigenvalue weighted by molar-refractivity contribution is -0.140. The van der Waals surface area contributed by atoms with E-state index in [9.17, 15) is 14.0 Å². The molecule has 3 aromatic carbocycles. The number of esters is 1. The number of fused-ring (bicyclic) bond motifs is 1. The van der Waals surface area contributed by atoms with Crippen molar-refractivity contribution in [3.8, 4) is 16.9 Å². The Morgan fingerprint density at radius 3 is 2.42 bits per heavy atom. The van der Waals surface area contributed by atoms with Gasteiger partial charge in [0.1, 0.15) is 11.5 Å². The molecule has 43 heavy (non-hydrogen) atoms. The Balaban J connectivity index is 1.51. The van der Waals surface area contributed by atoms with E-state index in [0.717, 1.165) is 42.2 Å². The number of aromatic amines is 1. The van der Waals surface area contributed by atoms with Gasteiger partial charge in [-0.2, -0.15) is 5.10 Å². The standard InChI is InChI=1S/C33H31Cl2FN4O3/c1-43-29(41)6-4-2-3-5-17-37-33(42)31-30(27-16-11-24(35)19-28(27)39-31)32-22(18-21-7-9-23(34)10-8-21)20-38-40(32)26-14-12-25(36)13-15-26/h7-16,19-20,39H,2-6,17-18H2,1H3,(H,37,42). The first-order valence-corrected chi connectivity index (χ1v) is 14.8. The molecule has 7 nitrogen and oxygen atoms in total. The lowest BCUT2D eigenvalue weighted by Crippen LogP contribution is -2.25. The highest BCUT2D eigenvalue weighted by Crippen LogP contribution is 2.38. The number of hydrogen-bond acceptors (Lipinski definition) is 4. The third kappa shape index (κ3) is 7.27. The SMILES string of the molecule is COC(=O)CCCCCCNC(=O)c1[nH]c2cc(Cl)ccc2c1-c1c(Cc2ccc(Cl)cc2)cnn1-c1ccc(F)cc1. The number of amides is 1. The number of ether oxygens (including phenoxy) is 1. The summed E-state index contributed by atoms with van der Waals surface area (Å²) in [4.78, 5) is 28.3. The van der Waals surface area contributed by atoms with Crippen LogP contribution in [0.4, 0.5) is 4.39 Å². The number of unbranched alkanes of at least 4 members (excludes halogenated alkanes) is 3. The monoisotopic (exact) mass is 620 g/mol. The molecule has 2 N–H and O–H groups in total. The summed E-state index contributed by atoms with van der Waals surface area (Å²) in [6, 6.07) is 19.1. The minimum Gasteiger partial charge on any atom is -0.469 e. The molecule has 5 aromatic rings. The van der Waals surface area contributed by atoms with E-state index in [1.165, 1.54) is 19.2 Å². The van der Waals surface area contributed by atoms with Gasteiger partial charge in [-0.05, 0) is 66.9 Å². The van der Waals surface area contributed by atoms with Crippen LogP contribution in [0.25, 0.3) is 27.8 Å². The largest absolute Gasteiger partial charge is 0.469 e. The first kappa shape index (κ1) is 30.3. The van der Waals surface area contributed by atoms with E-state index in [-0.39, 0.29) is 17.7 Å². The molecule has 0 radical (unpaired) electrons. The van der Waals surface area contributed by atoms with Crippen LogP contribution in [0.15, 0.2) is 72.9 Å². The summed E-state index contributed by atoms with van der Waals surface area (Å²) in [7, 11) is 1.39. The fraction of sp³-hybridized carbons (Fsp3) is 0.242. The summed E-state index contributed by atoms with van der Waals surface area (Å²) < 4.78 is 20.3. The zero-order chi connectivity index (χ0) is 30.3. The number of methoxy groups -OCH3 is 1. The van der Waals surface area contributed by atoms with Crippen molar-refractivity contribution in [1.82, 2.24) is 20.1 Å². The first-order chi connectivity index (χ1) is 20.8. The molecule has 2 aromatic heterocycles. The summed E-state index contributed by atoms with van der Waals surface area (Å²) in [6.07, 6.45) is 5.95. The third-order valence-electron chi connectivity index (χ3n) is 7.27. The van der Waals surface area contributed by atoms with Crippen LogP contribution in [0.1, 0.15) is 53.7 Å². The van der Waals surface area contributed by atoms with Gasteiger partial charge < -0.3 is 15.0 Å². The van der Waals surface area contributed by atoms with E-state index >= 15 is 0 Å². The summed E-state index contributed by atoms with van der Waals surface area (Å²) >= 11 is 12.5. The van der Waals surface area contributed by atoms with Crippen molar-refractivity contribution >= 4 is 46.0 Å². The maximum atomic E-state index is 13.9. The van der Waals surface area contributed by atoms with Crippen LogP contribution in [0.2, 0.25) is 10.0 Å². The topological polar surface area (TPSA) is 89.0 Å². The van der Waals surface area contributed by atoms with Gasteiger partial charge in [0.05, 0.1) is 24.7 Å². The number of halogens is 3. The van der Waals surface area contributed by atoms with E-state index in [2.05, 4.69) is 15.0 Å². The van der Waals surface area contributed by atoms with Gasteiger partial charge in [-0.3, -0.25) is 9.59 Å². The smallest absolute Gasteiger partial charge is 0.305 e. The van der Waals surface area contributed by atoms with Crippen LogP contribution in [0.5, 0.6) is 0 Å². The number of benzene rings is 3. The number of rotatable bonds is 12. The predicted octanol–water partition coefficient (Wildman–Crippen LogP) is 7.91. The molecule has 0 fully saturated rings. The van der Waals surface area contributed by atoms with Gasteiger partial charge in [-0.15, -0.1) is 0 Å². The summed E-state index contributed by atoms with van der Waals surface area (Å²) in [5.41, 5.74) is 5.02. The molecule has 5 rings (SSSR count). The Kier molecular flexibility index (Phi) is 9.79. The Morgan fingerprint density at radius 1 is 0.953 bits per heavy atom. The number of nitrogens with zero attached hydrogens (tertiary/aromatic N) is 2. The van der Waals surface area contributed by atoms with Crippen LogP contribution in [0.3, 0.4) is 0 Å². The zero-order valence-electron chi connectivity index (χ0n) is 23.6.